The molecule has 1 aliphatic rings. The lowest BCUT2D eigenvalue weighted by molar-refractivity contribution is -0.0268. The van der Waals surface area contributed by atoms with Crippen LogP contribution in [-0.2, 0) is 0 Å². The van der Waals surface area contributed by atoms with E-state index >= 15 is 0 Å². The predicted molar refractivity (Wildman–Crippen MR) is 146 cm³/mol. The van der Waals surface area contributed by atoms with Gasteiger partial charge in [-0.15, -0.1) is 0 Å². The molecule has 212 valence electrons. The van der Waals surface area contributed by atoms with Crippen molar-refractivity contribution in [3.05, 3.63) is 76.8 Å². The summed E-state index contributed by atoms with van der Waals surface area (Å²) in [6.45, 7) is 4.81. The summed E-state index contributed by atoms with van der Waals surface area (Å²) in [5, 5.41) is 22.7. The predicted octanol–water partition coefficient (Wildman–Crippen LogP) is 7.31. The number of carboxylic acids is 1. The Labute approximate surface area is 235 Å². The monoisotopic (exact) mass is 574 g/mol. The third-order valence-electron chi connectivity index (χ3n) is 6.43. The molecule has 2 amide bonds. The second-order valence-corrected chi connectivity index (χ2v) is 10.6. The number of carbonyl (C=O) groups is 2. The molecule has 1 fully saturated rings. The van der Waals surface area contributed by atoms with Crippen molar-refractivity contribution in [3.8, 4) is 23.0 Å². The molecular formula is C29H29ClF2N2O6. The van der Waals surface area contributed by atoms with E-state index in [4.69, 9.17) is 21.1 Å². The van der Waals surface area contributed by atoms with Gasteiger partial charge in [0.05, 0.1) is 16.2 Å². The van der Waals surface area contributed by atoms with E-state index in [0.717, 1.165) is 12.1 Å². The summed E-state index contributed by atoms with van der Waals surface area (Å²) >= 11 is 6.06. The number of nitrogens with zero attached hydrogens (tertiary/aromatic N) is 1. The quantitative estimate of drug-likeness (QED) is 0.260. The number of carboxylic acid groups (broad SMARTS) is 1. The summed E-state index contributed by atoms with van der Waals surface area (Å²) in [7, 11) is 0. The second kappa shape index (κ2) is 12.1. The maximum Gasteiger partial charge on any atom is 0.337 e. The van der Waals surface area contributed by atoms with Crippen molar-refractivity contribution in [2.75, 3.05) is 18.4 Å². The number of aliphatic hydroxyl groups is 1. The normalized spacial score (nSPS) is 14.6. The highest BCUT2D eigenvalue weighted by Crippen LogP contribution is 2.35. The van der Waals surface area contributed by atoms with Crippen molar-refractivity contribution in [1.82, 2.24) is 4.90 Å². The average Bonchev–Trinajstić information content (AvgIpc) is 2.85. The highest BCUT2D eigenvalue weighted by Gasteiger charge is 2.34. The van der Waals surface area contributed by atoms with Crippen LogP contribution in [0.4, 0.5) is 19.3 Å². The Kier molecular flexibility index (Phi) is 8.80. The molecule has 1 aliphatic heterocycles. The van der Waals surface area contributed by atoms with E-state index < -0.39 is 29.2 Å². The summed E-state index contributed by atoms with van der Waals surface area (Å²) in [6.07, 6.45) is 1.56. The van der Waals surface area contributed by atoms with Crippen LogP contribution in [0.2, 0.25) is 5.02 Å². The van der Waals surface area contributed by atoms with Gasteiger partial charge in [-0.05, 0) is 49.4 Å². The molecule has 40 heavy (non-hydrogen) atoms. The van der Waals surface area contributed by atoms with E-state index in [9.17, 15) is 28.6 Å². The van der Waals surface area contributed by atoms with Gasteiger partial charge < -0.3 is 29.9 Å². The van der Waals surface area contributed by atoms with Gasteiger partial charge in [-0.2, -0.15) is 0 Å². The molecule has 3 aromatic carbocycles. The number of ether oxygens (including phenoxy) is 2. The van der Waals surface area contributed by atoms with Gasteiger partial charge in [-0.25, -0.2) is 18.4 Å². The first-order valence-electron chi connectivity index (χ1n) is 12.7. The molecule has 0 unspecified atom stereocenters. The third-order valence-corrected chi connectivity index (χ3v) is 6.74. The highest BCUT2D eigenvalue weighted by molar-refractivity contribution is 6.33. The Bertz CT molecular complexity index is 1410. The topological polar surface area (TPSA) is 108 Å². The minimum atomic E-state index is -1.20. The summed E-state index contributed by atoms with van der Waals surface area (Å²) < 4.78 is 39.1. The van der Waals surface area contributed by atoms with Crippen LogP contribution in [-0.4, -0.2) is 45.8 Å². The molecule has 0 radical (unpaired) electrons. The molecule has 3 N–H and O–H groups in total. The van der Waals surface area contributed by atoms with E-state index in [1.165, 1.54) is 36.4 Å². The van der Waals surface area contributed by atoms with Gasteiger partial charge in [-0.3, -0.25) is 0 Å². The van der Waals surface area contributed by atoms with Crippen LogP contribution in [0.25, 0.3) is 0 Å². The number of hydrogen-bond donors (Lipinski definition) is 3. The number of aromatic carboxylic acids is 1. The maximum absolute atomic E-state index is 14.3. The molecule has 0 saturated carbocycles. The molecule has 0 spiro atoms. The van der Waals surface area contributed by atoms with Crippen LogP contribution in [0.3, 0.4) is 0 Å². The SMILES string of the molecule is CC(C)CC1(O)CCN(C(=O)Nc2cc(Oc3ccc(C(=O)O)c(Cl)c3)cc(Oc3ccc(F)cc3F)c2)CC1. The van der Waals surface area contributed by atoms with E-state index in [-0.39, 0.29) is 39.3 Å². The number of urea groups is 1. The number of piperidine rings is 1. The smallest absolute Gasteiger partial charge is 0.337 e. The van der Waals surface area contributed by atoms with Gasteiger partial charge in [0.1, 0.15) is 23.1 Å². The first-order chi connectivity index (χ1) is 18.9. The largest absolute Gasteiger partial charge is 0.478 e. The van der Waals surface area contributed by atoms with Crippen molar-refractivity contribution in [2.24, 2.45) is 5.92 Å². The molecule has 8 nitrogen and oxygen atoms in total. The Balaban J connectivity index is 1.56. The Morgan fingerprint density at radius 3 is 2.27 bits per heavy atom. The second-order valence-electron chi connectivity index (χ2n) is 10.2. The van der Waals surface area contributed by atoms with Crippen molar-refractivity contribution < 1.29 is 38.1 Å². The third kappa shape index (κ3) is 7.40. The molecule has 11 heteroatoms. The van der Waals surface area contributed by atoms with Gasteiger partial charge >= 0.3 is 12.0 Å². The minimum Gasteiger partial charge on any atom is -0.478 e. The summed E-state index contributed by atoms with van der Waals surface area (Å²) in [5.41, 5.74) is -0.653. The van der Waals surface area contributed by atoms with Crippen molar-refractivity contribution in [2.45, 2.75) is 38.7 Å². The maximum atomic E-state index is 14.3. The highest BCUT2D eigenvalue weighted by atomic mass is 35.5. The lowest BCUT2D eigenvalue weighted by Gasteiger charge is -2.39. The fourth-order valence-corrected chi connectivity index (χ4v) is 4.86. The van der Waals surface area contributed by atoms with Crippen molar-refractivity contribution in [1.29, 1.82) is 0 Å². The van der Waals surface area contributed by atoms with E-state index in [1.54, 1.807) is 4.90 Å². The number of nitrogens with one attached hydrogen (secondary N) is 1. The van der Waals surface area contributed by atoms with Crippen LogP contribution in [0.1, 0.15) is 43.5 Å². The van der Waals surface area contributed by atoms with Crippen LogP contribution in [0.5, 0.6) is 23.0 Å². The first-order valence-corrected chi connectivity index (χ1v) is 13.1. The zero-order valence-corrected chi connectivity index (χ0v) is 22.7. The van der Waals surface area contributed by atoms with Crippen molar-refractivity contribution >= 4 is 29.3 Å². The molecule has 1 saturated heterocycles. The fourth-order valence-electron chi connectivity index (χ4n) is 4.61. The first kappa shape index (κ1) is 29.1. The van der Waals surface area contributed by atoms with Crippen LogP contribution in [0, 0.1) is 17.6 Å². The number of halogens is 3. The summed E-state index contributed by atoms with van der Waals surface area (Å²) in [4.78, 5) is 25.9. The van der Waals surface area contributed by atoms with Crippen LogP contribution < -0.4 is 14.8 Å². The van der Waals surface area contributed by atoms with Gasteiger partial charge in [-0.1, -0.05) is 25.4 Å². The summed E-state index contributed by atoms with van der Waals surface area (Å²) in [5.74, 6) is -2.35. The fraction of sp³-hybridized carbons (Fsp3) is 0.310. The number of anilines is 1. The van der Waals surface area contributed by atoms with Crippen LogP contribution in [0.15, 0.2) is 54.6 Å². The lowest BCUT2D eigenvalue weighted by atomic mass is 9.84. The number of rotatable bonds is 8. The molecule has 0 bridgehead atoms. The average molecular weight is 575 g/mol. The molecule has 1 heterocycles. The van der Waals surface area contributed by atoms with E-state index in [2.05, 4.69) is 5.32 Å². The molecular weight excluding hydrogens is 546 g/mol. The number of likely N-dealkylation sites (tertiary alicyclic amines) is 1. The van der Waals surface area contributed by atoms with Gasteiger partial charge in [0.15, 0.2) is 11.6 Å². The zero-order chi connectivity index (χ0) is 29.0. The lowest BCUT2D eigenvalue weighted by Crippen LogP contribution is -2.48. The minimum absolute atomic E-state index is 0.0400. The number of hydrogen-bond acceptors (Lipinski definition) is 5. The number of benzene rings is 3. The Hall–Kier alpha value is -3.89. The van der Waals surface area contributed by atoms with Crippen LogP contribution >= 0.6 is 11.6 Å². The summed E-state index contributed by atoms with van der Waals surface area (Å²) in [6, 6.07) is 10.8. The standard InChI is InChI=1S/C29H29ClF2N2O6/c1-17(2)16-29(38)7-9-34(10-8-29)28(37)33-19-12-21(39-20-4-5-23(27(35)36)24(30)15-20)14-22(13-19)40-26-6-3-18(31)11-25(26)32/h3-6,11-15,17,38H,7-10,16H2,1-2H3,(H,33,37)(H,35,36). The number of amides is 2. The molecule has 4 rings (SSSR count). The molecule has 3 aromatic rings. The van der Waals surface area contributed by atoms with Gasteiger partial charge in [0.2, 0.25) is 0 Å². The Morgan fingerprint density at radius 1 is 1.00 bits per heavy atom. The Morgan fingerprint density at radius 2 is 1.68 bits per heavy atom. The molecule has 0 aliphatic carbocycles. The van der Waals surface area contributed by atoms with E-state index in [1.807, 2.05) is 13.8 Å². The van der Waals surface area contributed by atoms with E-state index in [0.29, 0.717) is 44.3 Å². The van der Waals surface area contributed by atoms with Gasteiger partial charge in [0, 0.05) is 49.1 Å². The molecule has 0 aromatic heterocycles. The van der Waals surface area contributed by atoms with Gasteiger partial charge in [0.25, 0.3) is 0 Å². The molecule has 0 atom stereocenters. The zero-order valence-electron chi connectivity index (χ0n) is 21.9. The van der Waals surface area contributed by atoms with Crippen molar-refractivity contribution in [3.63, 3.8) is 0 Å². The number of carbonyl (C=O) groups excluding carboxylic acids is 1.